The van der Waals surface area contributed by atoms with Gasteiger partial charge in [-0.2, -0.15) is 9.78 Å². The number of nitrogens with zero attached hydrogens (tertiary/aromatic N) is 3. The lowest BCUT2D eigenvalue weighted by molar-refractivity contribution is 0.102. The minimum absolute atomic E-state index is 0.186. The summed E-state index contributed by atoms with van der Waals surface area (Å²) in [5.74, 6) is -0.186. The summed E-state index contributed by atoms with van der Waals surface area (Å²) in [7, 11) is 0. The molecule has 1 amide bonds. The molecule has 1 N–H and O–H groups in total. The van der Waals surface area contributed by atoms with E-state index in [1.807, 2.05) is 37.3 Å². The number of para-hydroxylation sites is 1. The summed E-state index contributed by atoms with van der Waals surface area (Å²) < 4.78 is 1.19. The highest BCUT2D eigenvalue weighted by Crippen LogP contribution is 2.12. The molecular formula is C23H18N4O2. The first-order valence-corrected chi connectivity index (χ1v) is 9.09. The summed E-state index contributed by atoms with van der Waals surface area (Å²) in [6.07, 6.45) is 2.95. The van der Waals surface area contributed by atoms with Crippen LogP contribution in [0.25, 0.3) is 10.9 Å². The van der Waals surface area contributed by atoms with Crippen LogP contribution >= 0.6 is 0 Å². The molecule has 0 aliphatic carbocycles. The number of carbonyl (C=O) groups excluding carboxylic acids is 1. The highest BCUT2D eigenvalue weighted by atomic mass is 16.1. The minimum atomic E-state index is -0.240. The van der Waals surface area contributed by atoms with Gasteiger partial charge in [0.25, 0.3) is 11.5 Å². The van der Waals surface area contributed by atoms with Gasteiger partial charge in [0.05, 0.1) is 17.1 Å². The lowest BCUT2D eigenvalue weighted by Crippen LogP contribution is -2.17. The molecule has 1 heterocycles. The highest BCUT2D eigenvalue weighted by Gasteiger charge is 2.06. The molecule has 142 valence electrons. The monoisotopic (exact) mass is 382 g/mol. The second-order valence-corrected chi connectivity index (χ2v) is 6.60. The van der Waals surface area contributed by atoms with Crippen molar-refractivity contribution >= 4 is 28.7 Å². The van der Waals surface area contributed by atoms with Gasteiger partial charge in [0.15, 0.2) is 0 Å². The van der Waals surface area contributed by atoms with E-state index in [0.717, 1.165) is 11.1 Å². The van der Waals surface area contributed by atoms with Crippen LogP contribution in [0.2, 0.25) is 0 Å². The van der Waals surface area contributed by atoms with Crippen molar-refractivity contribution < 1.29 is 4.79 Å². The molecule has 3 aromatic carbocycles. The first-order chi connectivity index (χ1) is 14.1. The van der Waals surface area contributed by atoms with Crippen molar-refractivity contribution in [3.63, 3.8) is 0 Å². The SMILES string of the molecule is Cc1ccc(C(=O)Nc2cccc(/C=N/n3cnc4ccccc4c3=O)c2)cc1. The molecule has 0 aliphatic rings. The number of nitrogens with one attached hydrogen (secondary N) is 1. The van der Waals surface area contributed by atoms with E-state index < -0.39 is 0 Å². The van der Waals surface area contributed by atoms with E-state index in [1.165, 1.54) is 11.0 Å². The topological polar surface area (TPSA) is 76.3 Å². The fourth-order valence-corrected chi connectivity index (χ4v) is 2.88. The van der Waals surface area contributed by atoms with Gasteiger partial charge in [-0.15, -0.1) is 0 Å². The predicted octanol–water partition coefficient (Wildman–Crippen LogP) is 3.84. The average molecular weight is 382 g/mol. The third-order valence-corrected chi connectivity index (χ3v) is 4.44. The maximum absolute atomic E-state index is 12.5. The highest BCUT2D eigenvalue weighted by molar-refractivity contribution is 6.04. The standard InChI is InChI=1S/C23H18N4O2/c1-16-9-11-18(12-10-16)22(28)26-19-6-4-5-17(13-19)14-25-27-15-24-21-8-3-2-7-20(21)23(27)29/h2-15H,1H3,(H,26,28)/b25-14+. The van der Waals surface area contributed by atoms with E-state index in [-0.39, 0.29) is 11.5 Å². The molecule has 0 saturated heterocycles. The number of hydrogen-bond acceptors (Lipinski definition) is 4. The van der Waals surface area contributed by atoms with Gasteiger partial charge >= 0.3 is 0 Å². The van der Waals surface area contributed by atoms with E-state index in [4.69, 9.17) is 0 Å². The summed E-state index contributed by atoms with van der Waals surface area (Å²) in [5, 5.41) is 7.59. The molecular weight excluding hydrogens is 364 g/mol. The second kappa shape index (κ2) is 7.90. The van der Waals surface area contributed by atoms with Gasteiger partial charge in [-0.25, -0.2) is 4.98 Å². The van der Waals surface area contributed by atoms with Crippen LogP contribution in [0.3, 0.4) is 0 Å². The number of carbonyl (C=O) groups is 1. The van der Waals surface area contributed by atoms with Crippen molar-refractivity contribution in [2.45, 2.75) is 6.92 Å². The van der Waals surface area contributed by atoms with Crippen molar-refractivity contribution in [2.75, 3.05) is 5.32 Å². The van der Waals surface area contributed by atoms with Crippen LogP contribution in [0.15, 0.2) is 89.0 Å². The van der Waals surface area contributed by atoms with E-state index in [2.05, 4.69) is 15.4 Å². The molecule has 0 spiro atoms. The van der Waals surface area contributed by atoms with Crippen molar-refractivity contribution in [2.24, 2.45) is 5.10 Å². The largest absolute Gasteiger partial charge is 0.322 e. The van der Waals surface area contributed by atoms with E-state index in [0.29, 0.717) is 22.2 Å². The molecule has 4 aromatic rings. The van der Waals surface area contributed by atoms with Crippen LogP contribution < -0.4 is 10.9 Å². The van der Waals surface area contributed by atoms with Crippen LogP contribution in [0.5, 0.6) is 0 Å². The molecule has 0 saturated carbocycles. The lowest BCUT2D eigenvalue weighted by Gasteiger charge is -2.06. The molecule has 0 fully saturated rings. The van der Waals surface area contributed by atoms with Gasteiger partial charge in [-0.05, 0) is 48.9 Å². The second-order valence-electron chi connectivity index (χ2n) is 6.60. The molecule has 0 unspecified atom stereocenters. The molecule has 6 nitrogen and oxygen atoms in total. The van der Waals surface area contributed by atoms with E-state index >= 15 is 0 Å². The summed E-state index contributed by atoms with van der Waals surface area (Å²) >= 11 is 0. The molecule has 0 radical (unpaired) electrons. The quantitative estimate of drug-likeness (QED) is 0.545. The Morgan fingerprint density at radius 3 is 2.66 bits per heavy atom. The Hall–Kier alpha value is -4.06. The maximum Gasteiger partial charge on any atom is 0.281 e. The summed E-state index contributed by atoms with van der Waals surface area (Å²) in [4.78, 5) is 29.1. The normalized spacial score (nSPS) is 11.1. The number of aromatic nitrogens is 2. The van der Waals surface area contributed by atoms with Gasteiger partial charge in [-0.1, -0.05) is 42.0 Å². The maximum atomic E-state index is 12.5. The average Bonchev–Trinajstić information content (AvgIpc) is 2.74. The number of aryl methyl sites for hydroxylation is 1. The van der Waals surface area contributed by atoms with Gasteiger partial charge < -0.3 is 5.32 Å². The first kappa shape index (κ1) is 18.3. The number of benzene rings is 3. The van der Waals surface area contributed by atoms with Crippen LogP contribution in [-0.4, -0.2) is 21.8 Å². The van der Waals surface area contributed by atoms with Gasteiger partial charge in [-0.3, -0.25) is 9.59 Å². The van der Waals surface area contributed by atoms with Gasteiger partial charge in [0.1, 0.15) is 6.33 Å². The number of amides is 1. The smallest absolute Gasteiger partial charge is 0.281 e. The van der Waals surface area contributed by atoms with E-state index in [9.17, 15) is 9.59 Å². The van der Waals surface area contributed by atoms with Crippen molar-refractivity contribution in [1.82, 2.24) is 9.66 Å². The predicted molar refractivity (Wildman–Crippen MR) is 115 cm³/mol. The van der Waals surface area contributed by atoms with Gasteiger partial charge in [0, 0.05) is 11.3 Å². The number of anilines is 1. The van der Waals surface area contributed by atoms with Crippen molar-refractivity contribution in [1.29, 1.82) is 0 Å². The summed E-state index contributed by atoms with van der Waals surface area (Å²) in [6.45, 7) is 1.97. The zero-order valence-corrected chi connectivity index (χ0v) is 15.7. The Balaban J connectivity index is 1.55. The Bertz CT molecular complexity index is 1270. The van der Waals surface area contributed by atoms with E-state index in [1.54, 1.807) is 48.7 Å². The lowest BCUT2D eigenvalue weighted by atomic mass is 10.1. The van der Waals surface area contributed by atoms with Crippen LogP contribution in [0.1, 0.15) is 21.5 Å². The molecule has 6 heteroatoms. The Labute approximate surface area is 167 Å². The Morgan fingerprint density at radius 1 is 1.03 bits per heavy atom. The molecule has 1 aromatic heterocycles. The zero-order chi connectivity index (χ0) is 20.2. The van der Waals surface area contributed by atoms with Gasteiger partial charge in [0.2, 0.25) is 0 Å². The van der Waals surface area contributed by atoms with Crippen molar-refractivity contribution in [3.05, 3.63) is 106 Å². The Kier molecular flexibility index (Phi) is 4.99. The molecule has 4 rings (SSSR count). The fraction of sp³-hybridized carbons (Fsp3) is 0.0435. The molecule has 29 heavy (non-hydrogen) atoms. The zero-order valence-electron chi connectivity index (χ0n) is 15.7. The number of fused-ring (bicyclic) bond motifs is 1. The third kappa shape index (κ3) is 4.11. The van der Waals surface area contributed by atoms with Crippen LogP contribution in [0, 0.1) is 6.92 Å². The molecule has 0 atom stereocenters. The van der Waals surface area contributed by atoms with Crippen molar-refractivity contribution in [3.8, 4) is 0 Å². The van der Waals surface area contributed by atoms with Crippen LogP contribution in [-0.2, 0) is 0 Å². The molecule has 0 aliphatic heterocycles. The fourth-order valence-electron chi connectivity index (χ4n) is 2.88. The number of hydrogen-bond donors (Lipinski definition) is 1. The summed E-state index contributed by atoms with van der Waals surface area (Å²) in [6, 6.07) is 21.7. The Morgan fingerprint density at radius 2 is 1.83 bits per heavy atom. The van der Waals surface area contributed by atoms with Crippen LogP contribution in [0.4, 0.5) is 5.69 Å². The third-order valence-electron chi connectivity index (χ3n) is 4.44. The number of rotatable bonds is 4. The minimum Gasteiger partial charge on any atom is -0.322 e. The summed E-state index contributed by atoms with van der Waals surface area (Å²) in [5.41, 5.74) is 3.46. The molecule has 0 bridgehead atoms. The first-order valence-electron chi connectivity index (χ1n) is 9.09.